The van der Waals surface area contributed by atoms with Crippen LogP contribution in [0.5, 0.6) is 0 Å². The largest absolute Gasteiger partial charge is 0.352 e. The highest BCUT2D eigenvalue weighted by Crippen LogP contribution is 2.30. The maximum absolute atomic E-state index is 13.5. The van der Waals surface area contributed by atoms with E-state index >= 15 is 0 Å². The Balaban J connectivity index is 2.42. The summed E-state index contributed by atoms with van der Waals surface area (Å²) >= 11 is 12.2. The monoisotopic (exact) mass is 527 g/mol. The molecule has 2 aromatic rings. The zero-order valence-corrected chi connectivity index (χ0v) is 22.3. The maximum atomic E-state index is 13.5. The molecule has 0 aromatic heterocycles. The van der Waals surface area contributed by atoms with Gasteiger partial charge in [-0.1, -0.05) is 60.0 Å². The Morgan fingerprint density at radius 3 is 2.32 bits per heavy atom. The summed E-state index contributed by atoms with van der Waals surface area (Å²) in [6, 6.07) is 11.0. The number of carbonyl (C=O) groups is 2. The summed E-state index contributed by atoms with van der Waals surface area (Å²) in [5, 5.41) is 3.33. The molecule has 186 valence electrons. The number of amides is 2. The molecule has 0 bridgehead atoms. The molecular formula is C24H31Cl2N3O4S. The van der Waals surface area contributed by atoms with Gasteiger partial charge in [-0.2, -0.15) is 0 Å². The lowest BCUT2D eigenvalue weighted by Crippen LogP contribution is -2.52. The van der Waals surface area contributed by atoms with E-state index in [1.54, 1.807) is 6.92 Å². The number of hydrogen-bond acceptors (Lipinski definition) is 4. The van der Waals surface area contributed by atoms with Crippen molar-refractivity contribution in [3.63, 3.8) is 0 Å². The van der Waals surface area contributed by atoms with Crippen LogP contribution in [0.4, 0.5) is 5.69 Å². The molecule has 0 aliphatic rings. The normalized spacial score (nSPS) is 13.1. The van der Waals surface area contributed by atoms with Crippen molar-refractivity contribution in [2.24, 2.45) is 0 Å². The molecule has 0 spiro atoms. The van der Waals surface area contributed by atoms with Crippen LogP contribution in [0.3, 0.4) is 0 Å². The van der Waals surface area contributed by atoms with Gasteiger partial charge in [0.15, 0.2) is 0 Å². The molecule has 34 heavy (non-hydrogen) atoms. The molecule has 1 N–H and O–H groups in total. The van der Waals surface area contributed by atoms with Gasteiger partial charge in [0.25, 0.3) is 0 Å². The van der Waals surface area contributed by atoms with Gasteiger partial charge < -0.3 is 10.2 Å². The molecule has 0 aliphatic carbocycles. The second-order valence-electron chi connectivity index (χ2n) is 8.37. The SMILES string of the molecule is CC[C@H](C)NC(=O)[C@@H](C)N(Cc1cccc(C)c1)C(=O)CN(c1ccc(Cl)cc1Cl)S(C)(=O)=O. The smallest absolute Gasteiger partial charge is 0.244 e. The highest BCUT2D eigenvalue weighted by molar-refractivity contribution is 7.92. The van der Waals surface area contributed by atoms with E-state index in [1.165, 1.54) is 23.1 Å². The number of nitrogens with zero attached hydrogens (tertiary/aromatic N) is 2. The third-order valence-corrected chi connectivity index (χ3v) is 7.13. The van der Waals surface area contributed by atoms with Gasteiger partial charge in [0, 0.05) is 17.6 Å². The number of benzene rings is 2. The Bertz CT molecular complexity index is 1140. The van der Waals surface area contributed by atoms with Crippen LogP contribution in [0.2, 0.25) is 10.0 Å². The standard InChI is InChI=1S/C24H31Cl2N3O4S/c1-6-17(3)27-24(31)18(4)28(14-19-9-7-8-16(2)12-19)23(30)15-29(34(5,32)33)22-11-10-20(25)13-21(22)26/h7-13,17-18H,6,14-15H2,1-5H3,(H,27,31)/t17-,18+/m0/s1. The van der Waals surface area contributed by atoms with Crippen molar-refractivity contribution in [3.05, 3.63) is 63.6 Å². The predicted molar refractivity (Wildman–Crippen MR) is 138 cm³/mol. The van der Waals surface area contributed by atoms with E-state index in [0.717, 1.165) is 28.1 Å². The van der Waals surface area contributed by atoms with E-state index in [9.17, 15) is 18.0 Å². The first-order chi connectivity index (χ1) is 15.8. The van der Waals surface area contributed by atoms with Crippen LogP contribution >= 0.6 is 23.2 Å². The molecule has 7 nitrogen and oxygen atoms in total. The zero-order valence-electron chi connectivity index (χ0n) is 20.0. The minimum atomic E-state index is -3.87. The summed E-state index contributed by atoms with van der Waals surface area (Å²) < 4.78 is 26.1. The van der Waals surface area contributed by atoms with Crippen LogP contribution < -0.4 is 9.62 Å². The van der Waals surface area contributed by atoms with E-state index in [2.05, 4.69) is 5.32 Å². The summed E-state index contributed by atoms with van der Waals surface area (Å²) in [7, 11) is -3.87. The second-order valence-corrected chi connectivity index (χ2v) is 11.1. The van der Waals surface area contributed by atoms with Gasteiger partial charge in [0.2, 0.25) is 21.8 Å². The lowest BCUT2D eigenvalue weighted by molar-refractivity contribution is -0.139. The maximum Gasteiger partial charge on any atom is 0.244 e. The Labute approximate surface area is 212 Å². The van der Waals surface area contributed by atoms with E-state index in [-0.39, 0.29) is 29.2 Å². The molecule has 0 saturated carbocycles. The van der Waals surface area contributed by atoms with Crippen molar-refractivity contribution in [2.75, 3.05) is 17.1 Å². The zero-order chi connectivity index (χ0) is 25.6. The topological polar surface area (TPSA) is 86.8 Å². The minimum absolute atomic E-state index is 0.0636. The molecule has 0 radical (unpaired) electrons. The summed E-state index contributed by atoms with van der Waals surface area (Å²) in [4.78, 5) is 27.8. The van der Waals surface area contributed by atoms with Crippen molar-refractivity contribution >= 4 is 50.7 Å². The number of nitrogens with one attached hydrogen (secondary N) is 1. The van der Waals surface area contributed by atoms with Crippen LogP contribution in [0.15, 0.2) is 42.5 Å². The number of halogens is 2. The highest BCUT2D eigenvalue weighted by atomic mass is 35.5. The van der Waals surface area contributed by atoms with Gasteiger partial charge in [-0.15, -0.1) is 0 Å². The predicted octanol–water partition coefficient (Wildman–Crippen LogP) is 4.40. The van der Waals surface area contributed by atoms with Gasteiger partial charge in [-0.3, -0.25) is 13.9 Å². The van der Waals surface area contributed by atoms with Crippen molar-refractivity contribution in [1.82, 2.24) is 10.2 Å². The third-order valence-electron chi connectivity index (χ3n) is 5.46. The van der Waals surface area contributed by atoms with Crippen LogP contribution in [-0.4, -0.2) is 50.0 Å². The molecule has 2 aromatic carbocycles. The van der Waals surface area contributed by atoms with Crippen LogP contribution in [-0.2, 0) is 26.2 Å². The van der Waals surface area contributed by atoms with Crippen molar-refractivity contribution in [2.45, 2.75) is 52.7 Å². The fraction of sp³-hybridized carbons (Fsp3) is 0.417. The summed E-state index contributed by atoms with van der Waals surface area (Å²) in [5.74, 6) is -0.851. The van der Waals surface area contributed by atoms with E-state index in [4.69, 9.17) is 23.2 Å². The number of rotatable bonds is 10. The summed E-state index contributed by atoms with van der Waals surface area (Å²) in [5.41, 5.74) is 1.97. The van der Waals surface area contributed by atoms with E-state index in [1.807, 2.05) is 45.0 Å². The Morgan fingerprint density at radius 1 is 1.09 bits per heavy atom. The van der Waals surface area contributed by atoms with Crippen LogP contribution in [0, 0.1) is 6.92 Å². The Kier molecular flexibility index (Phi) is 9.79. The Morgan fingerprint density at radius 2 is 1.76 bits per heavy atom. The molecule has 0 aliphatic heterocycles. The number of hydrogen-bond donors (Lipinski definition) is 1. The fourth-order valence-corrected chi connectivity index (χ4v) is 4.76. The molecule has 0 saturated heterocycles. The number of anilines is 1. The Hall–Kier alpha value is -2.29. The van der Waals surface area contributed by atoms with Crippen molar-refractivity contribution in [1.29, 1.82) is 0 Å². The molecule has 10 heteroatoms. The molecule has 2 atom stereocenters. The van der Waals surface area contributed by atoms with Crippen molar-refractivity contribution in [3.8, 4) is 0 Å². The first kappa shape index (κ1) is 28.0. The first-order valence-electron chi connectivity index (χ1n) is 10.9. The lowest BCUT2D eigenvalue weighted by atomic mass is 10.1. The molecule has 0 heterocycles. The van der Waals surface area contributed by atoms with Gasteiger partial charge in [0.1, 0.15) is 12.6 Å². The third kappa shape index (κ3) is 7.61. The average Bonchev–Trinajstić information content (AvgIpc) is 2.74. The number of carbonyl (C=O) groups excluding carboxylic acids is 2. The van der Waals surface area contributed by atoms with Crippen molar-refractivity contribution < 1.29 is 18.0 Å². The molecular weight excluding hydrogens is 497 g/mol. The average molecular weight is 529 g/mol. The van der Waals surface area contributed by atoms with Gasteiger partial charge in [-0.25, -0.2) is 8.42 Å². The summed E-state index contributed by atoms with van der Waals surface area (Å²) in [6.07, 6.45) is 1.73. The number of aryl methyl sites for hydroxylation is 1. The highest BCUT2D eigenvalue weighted by Gasteiger charge is 2.31. The van der Waals surface area contributed by atoms with E-state index < -0.39 is 28.5 Å². The lowest BCUT2D eigenvalue weighted by Gasteiger charge is -2.32. The van der Waals surface area contributed by atoms with Crippen LogP contribution in [0.25, 0.3) is 0 Å². The molecule has 2 rings (SSSR count). The van der Waals surface area contributed by atoms with Crippen LogP contribution in [0.1, 0.15) is 38.3 Å². The minimum Gasteiger partial charge on any atom is -0.352 e. The fourth-order valence-electron chi connectivity index (χ4n) is 3.33. The molecule has 0 unspecified atom stereocenters. The quantitative estimate of drug-likeness (QED) is 0.495. The molecule has 0 fully saturated rings. The second kappa shape index (κ2) is 11.9. The van der Waals surface area contributed by atoms with Gasteiger partial charge in [0.05, 0.1) is 17.0 Å². The molecule has 2 amide bonds. The summed E-state index contributed by atoms with van der Waals surface area (Å²) in [6.45, 7) is 7.01. The first-order valence-corrected chi connectivity index (χ1v) is 13.5. The van der Waals surface area contributed by atoms with Gasteiger partial charge in [-0.05, 0) is 51.0 Å². The number of sulfonamides is 1. The van der Waals surface area contributed by atoms with Gasteiger partial charge >= 0.3 is 0 Å². The van der Waals surface area contributed by atoms with E-state index in [0.29, 0.717) is 5.02 Å².